The fourth-order valence-corrected chi connectivity index (χ4v) is 2.31. The number of carbonyl (C=O) groups is 1. The Morgan fingerprint density at radius 1 is 1.44 bits per heavy atom. The molecule has 1 fully saturated rings. The third-order valence-electron chi connectivity index (χ3n) is 3.36. The van der Waals surface area contributed by atoms with Crippen molar-refractivity contribution in [1.29, 1.82) is 0 Å². The predicted molar refractivity (Wildman–Crippen MR) is 59.8 cm³/mol. The minimum atomic E-state index is -1.78. The van der Waals surface area contributed by atoms with Crippen LogP contribution in [-0.4, -0.2) is 34.5 Å². The van der Waals surface area contributed by atoms with Crippen molar-refractivity contribution in [2.75, 3.05) is 6.61 Å². The number of rotatable bonds is 4. The lowest BCUT2D eigenvalue weighted by Crippen LogP contribution is -2.51. The first-order valence-electron chi connectivity index (χ1n) is 6.07. The van der Waals surface area contributed by atoms with Crippen molar-refractivity contribution in [2.45, 2.75) is 57.7 Å². The van der Waals surface area contributed by atoms with Crippen LogP contribution in [-0.2, 0) is 9.53 Å². The Bertz CT molecular complexity index is 231. The molecular formula is C12H22O4. The Balaban J connectivity index is 2.61. The van der Waals surface area contributed by atoms with Crippen molar-refractivity contribution in [2.24, 2.45) is 5.92 Å². The summed E-state index contributed by atoms with van der Waals surface area (Å²) in [6.07, 6.45) is 4.01. The van der Waals surface area contributed by atoms with Gasteiger partial charge in [-0.2, -0.15) is 0 Å². The van der Waals surface area contributed by atoms with E-state index >= 15 is 0 Å². The fraction of sp³-hybridized carbons (Fsp3) is 0.917. The number of carbonyl (C=O) groups excluding carboxylic acids is 1. The maximum absolute atomic E-state index is 11.5. The molecule has 0 unspecified atom stereocenters. The van der Waals surface area contributed by atoms with Gasteiger partial charge in [0.1, 0.15) is 0 Å². The maximum atomic E-state index is 11.5. The molecule has 4 nitrogen and oxygen atoms in total. The van der Waals surface area contributed by atoms with Crippen molar-refractivity contribution < 1.29 is 19.7 Å². The molecule has 0 amide bonds. The highest BCUT2D eigenvalue weighted by atomic mass is 16.6. The van der Waals surface area contributed by atoms with E-state index in [0.717, 1.165) is 25.7 Å². The topological polar surface area (TPSA) is 66.8 Å². The summed E-state index contributed by atoms with van der Waals surface area (Å²) < 4.78 is 4.77. The van der Waals surface area contributed by atoms with Crippen molar-refractivity contribution in [1.82, 2.24) is 0 Å². The third-order valence-corrected chi connectivity index (χ3v) is 3.36. The van der Waals surface area contributed by atoms with Gasteiger partial charge in [0.25, 0.3) is 0 Å². The zero-order valence-corrected chi connectivity index (χ0v) is 10.1. The second-order valence-corrected chi connectivity index (χ2v) is 4.71. The SMILES string of the molecule is CCOC(=O)[C@](C)(O)[C@@H](O)C1CCCCC1. The number of aliphatic hydroxyl groups excluding tert-OH is 1. The van der Waals surface area contributed by atoms with Gasteiger partial charge in [0.2, 0.25) is 0 Å². The summed E-state index contributed by atoms with van der Waals surface area (Å²) in [7, 11) is 0. The molecule has 0 saturated heterocycles. The first-order chi connectivity index (χ1) is 7.50. The van der Waals surface area contributed by atoms with Crippen LogP contribution in [0, 0.1) is 5.92 Å². The average Bonchev–Trinajstić information content (AvgIpc) is 2.29. The van der Waals surface area contributed by atoms with E-state index in [0.29, 0.717) is 0 Å². The van der Waals surface area contributed by atoms with Crippen LogP contribution >= 0.6 is 0 Å². The van der Waals surface area contributed by atoms with Crippen LogP contribution in [0.2, 0.25) is 0 Å². The van der Waals surface area contributed by atoms with Crippen LogP contribution in [0.15, 0.2) is 0 Å². The van der Waals surface area contributed by atoms with Crippen molar-refractivity contribution in [3.8, 4) is 0 Å². The Hall–Kier alpha value is -0.610. The minimum Gasteiger partial charge on any atom is -0.464 e. The highest BCUT2D eigenvalue weighted by Crippen LogP contribution is 2.31. The number of hydrogen-bond donors (Lipinski definition) is 2. The molecular weight excluding hydrogens is 208 g/mol. The smallest absolute Gasteiger partial charge is 0.340 e. The minimum absolute atomic E-state index is 0.00755. The monoisotopic (exact) mass is 230 g/mol. The van der Waals surface area contributed by atoms with Crippen LogP contribution in [0.1, 0.15) is 46.0 Å². The third kappa shape index (κ3) is 2.95. The highest BCUT2D eigenvalue weighted by molar-refractivity contribution is 5.79. The standard InChI is InChI=1S/C12H22O4/c1-3-16-11(14)12(2,15)10(13)9-7-5-4-6-8-9/h9-10,13,15H,3-8H2,1-2H3/t10-,12+/m0/s1. The number of hydrogen-bond acceptors (Lipinski definition) is 4. The van der Waals surface area contributed by atoms with Crippen LogP contribution in [0.25, 0.3) is 0 Å². The van der Waals surface area contributed by atoms with E-state index < -0.39 is 17.7 Å². The summed E-state index contributed by atoms with van der Waals surface area (Å²) in [5.41, 5.74) is -1.78. The van der Waals surface area contributed by atoms with Crippen molar-refractivity contribution in [3.05, 3.63) is 0 Å². The molecule has 0 radical (unpaired) electrons. The van der Waals surface area contributed by atoms with Crippen LogP contribution < -0.4 is 0 Å². The lowest BCUT2D eigenvalue weighted by Gasteiger charge is -2.34. The summed E-state index contributed by atoms with van der Waals surface area (Å²) in [6.45, 7) is 3.23. The molecule has 16 heavy (non-hydrogen) atoms. The van der Waals surface area contributed by atoms with E-state index in [9.17, 15) is 15.0 Å². The zero-order chi connectivity index (χ0) is 12.2. The molecule has 2 atom stereocenters. The molecule has 1 aliphatic rings. The van der Waals surface area contributed by atoms with Crippen LogP contribution in [0.3, 0.4) is 0 Å². The Morgan fingerprint density at radius 3 is 2.50 bits per heavy atom. The van der Waals surface area contributed by atoms with E-state index in [1.807, 2.05) is 0 Å². The van der Waals surface area contributed by atoms with E-state index in [1.54, 1.807) is 6.92 Å². The number of ether oxygens (including phenoxy) is 1. The molecule has 2 N–H and O–H groups in total. The molecule has 1 saturated carbocycles. The first-order valence-corrected chi connectivity index (χ1v) is 6.07. The quantitative estimate of drug-likeness (QED) is 0.713. The lowest BCUT2D eigenvalue weighted by molar-refractivity contribution is -0.180. The summed E-state index contributed by atoms with van der Waals surface area (Å²) in [4.78, 5) is 11.5. The first kappa shape index (κ1) is 13.5. The molecule has 0 bridgehead atoms. The van der Waals surface area contributed by atoms with Gasteiger partial charge in [0, 0.05) is 0 Å². The van der Waals surface area contributed by atoms with Gasteiger partial charge in [-0.15, -0.1) is 0 Å². The Morgan fingerprint density at radius 2 is 2.00 bits per heavy atom. The Kier molecular flexibility index (Phi) is 4.74. The van der Waals surface area contributed by atoms with Gasteiger partial charge in [0.15, 0.2) is 5.60 Å². The van der Waals surface area contributed by atoms with Crippen LogP contribution in [0.4, 0.5) is 0 Å². The van der Waals surface area contributed by atoms with Gasteiger partial charge in [-0.05, 0) is 32.6 Å². The van der Waals surface area contributed by atoms with E-state index in [-0.39, 0.29) is 12.5 Å². The Labute approximate surface area is 96.6 Å². The molecule has 0 aromatic carbocycles. The normalized spacial score (nSPS) is 23.5. The van der Waals surface area contributed by atoms with Gasteiger partial charge >= 0.3 is 5.97 Å². The van der Waals surface area contributed by atoms with Gasteiger partial charge in [-0.3, -0.25) is 0 Å². The van der Waals surface area contributed by atoms with Gasteiger partial charge < -0.3 is 14.9 Å². The van der Waals surface area contributed by atoms with Gasteiger partial charge in [-0.25, -0.2) is 4.79 Å². The van der Waals surface area contributed by atoms with Crippen LogP contribution in [0.5, 0.6) is 0 Å². The summed E-state index contributed by atoms with van der Waals surface area (Å²) in [5, 5.41) is 20.1. The molecule has 4 heteroatoms. The molecule has 1 rings (SSSR count). The fourth-order valence-electron chi connectivity index (χ4n) is 2.31. The molecule has 0 aliphatic heterocycles. The summed E-state index contributed by atoms with van der Waals surface area (Å²) in [6, 6.07) is 0. The predicted octanol–water partition coefficient (Wildman–Crippen LogP) is 1.24. The second kappa shape index (κ2) is 5.64. The van der Waals surface area contributed by atoms with Gasteiger partial charge in [-0.1, -0.05) is 19.3 Å². The summed E-state index contributed by atoms with van der Waals surface area (Å²) in [5.74, 6) is -0.721. The highest BCUT2D eigenvalue weighted by Gasteiger charge is 2.43. The number of esters is 1. The van der Waals surface area contributed by atoms with Crippen molar-refractivity contribution >= 4 is 5.97 Å². The molecule has 0 aromatic rings. The number of aliphatic hydroxyl groups is 2. The lowest BCUT2D eigenvalue weighted by atomic mass is 9.79. The zero-order valence-electron chi connectivity index (χ0n) is 10.1. The molecule has 0 spiro atoms. The maximum Gasteiger partial charge on any atom is 0.340 e. The van der Waals surface area contributed by atoms with Crippen molar-refractivity contribution in [3.63, 3.8) is 0 Å². The average molecular weight is 230 g/mol. The van der Waals surface area contributed by atoms with E-state index in [2.05, 4.69) is 0 Å². The molecule has 0 aromatic heterocycles. The molecule has 1 aliphatic carbocycles. The molecule has 94 valence electrons. The largest absolute Gasteiger partial charge is 0.464 e. The second-order valence-electron chi connectivity index (χ2n) is 4.71. The van der Waals surface area contributed by atoms with Gasteiger partial charge in [0.05, 0.1) is 12.7 Å². The summed E-state index contributed by atoms with van der Waals surface area (Å²) >= 11 is 0. The molecule has 0 heterocycles. The van der Waals surface area contributed by atoms with E-state index in [4.69, 9.17) is 4.74 Å². The van der Waals surface area contributed by atoms with E-state index in [1.165, 1.54) is 13.3 Å².